The molecule has 0 fully saturated rings. The fraction of sp³-hybridized carbons (Fsp3) is 0.444. The molecule has 0 aromatic carbocycles. The summed E-state index contributed by atoms with van der Waals surface area (Å²) in [5.74, 6) is -0.163. The summed E-state index contributed by atoms with van der Waals surface area (Å²) in [5.41, 5.74) is 6.11. The molecule has 0 spiro atoms. The highest BCUT2D eigenvalue weighted by Crippen LogP contribution is 2.00. The van der Waals surface area contributed by atoms with Gasteiger partial charge in [0.05, 0.1) is 12.1 Å². The number of aromatic amines is 1. The molecule has 0 saturated heterocycles. The summed E-state index contributed by atoms with van der Waals surface area (Å²) in [4.78, 5) is 28.6. The van der Waals surface area contributed by atoms with Crippen LogP contribution in [0.25, 0.3) is 0 Å². The van der Waals surface area contributed by atoms with Gasteiger partial charge in [0.1, 0.15) is 5.82 Å². The molecule has 0 aliphatic rings. The Labute approximate surface area is 81.4 Å². The molecule has 1 rings (SSSR count). The van der Waals surface area contributed by atoms with Gasteiger partial charge in [-0.3, -0.25) is 9.59 Å². The quantitative estimate of drug-likeness (QED) is 0.692. The Balaban J connectivity index is 3.16. The second-order valence-corrected chi connectivity index (χ2v) is 3.08. The molecule has 0 bridgehead atoms. The van der Waals surface area contributed by atoms with Crippen molar-refractivity contribution < 1.29 is 4.79 Å². The molecule has 0 saturated carbocycles. The van der Waals surface area contributed by atoms with Crippen LogP contribution in [0.4, 0.5) is 0 Å². The number of H-pyrrole nitrogens is 1. The third kappa shape index (κ3) is 2.18. The van der Waals surface area contributed by atoms with Gasteiger partial charge < -0.3 is 10.7 Å². The smallest absolute Gasteiger partial charge is 0.254 e. The number of amides is 1. The molecule has 14 heavy (non-hydrogen) atoms. The minimum Gasteiger partial charge on any atom is -0.369 e. The average Bonchev–Trinajstić information content (AvgIpc) is 2.10. The molecule has 0 atom stereocenters. The van der Waals surface area contributed by atoms with E-state index in [9.17, 15) is 9.59 Å². The molecule has 0 aliphatic carbocycles. The SMILES string of the molecule is CCc1nc(CC(N)=O)[nH]c(=O)c1C. The standard InChI is InChI=1S/C9H13N3O2/c1-3-6-5(2)9(14)12-8(11-6)4-7(10)13/h3-4H2,1-2H3,(H2,10,13)(H,11,12,14). The van der Waals surface area contributed by atoms with Crippen LogP contribution in [0.1, 0.15) is 24.0 Å². The predicted molar refractivity (Wildman–Crippen MR) is 51.9 cm³/mol. The highest BCUT2D eigenvalue weighted by Gasteiger charge is 2.07. The molecule has 1 aromatic rings. The topological polar surface area (TPSA) is 88.8 Å². The first-order valence-electron chi connectivity index (χ1n) is 4.41. The van der Waals surface area contributed by atoms with E-state index in [2.05, 4.69) is 9.97 Å². The van der Waals surface area contributed by atoms with Crippen LogP contribution in [-0.4, -0.2) is 15.9 Å². The lowest BCUT2D eigenvalue weighted by Crippen LogP contribution is -2.22. The van der Waals surface area contributed by atoms with E-state index in [4.69, 9.17) is 5.73 Å². The number of aromatic nitrogens is 2. The van der Waals surface area contributed by atoms with Crippen LogP contribution in [-0.2, 0) is 17.6 Å². The Bertz CT molecular complexity index is 409. The van der Waals surface area contributed by atoms with Gasteiger partial charge in [0, 0.05) is 5.56 Å². The molecule has 0 unspecified atom stereocenters. The Morgan fingerprint density at radius 2 is 2.21 bits per heavy atom. The molecule has 0 aliphatic heterocycles. The minimum absolute atomic E-state index is 0.0253. The van der Waals surface area contributed by atoms with Gasteiger partial charge in [0.25, 0.3) is 5.56 Å². The van der Waals surface area contributed by atoms with Crippen molar-refractivity contribution in [3.63, 3.8) is 0 Å². The zero-order valence-electron chi connectivity index (χ0n) is 8.26. The molecular weight excluding hydrogens is 182 g/mol. The van der Waals surface area contributed by atoms with Gasteiger partial charge in [-0.05, 0) is 13.3 Å². The molecule has 3 N–H and O–H groups in total. The zero-order chi connectivity index (χ0) is 10.7. The number of carbonyl (C=O) groups excluding carboxylic acids is 1. The van der Waals surface area contributed by atoms with Gasteiger partial charge in [-0.15, -0.1) is 0 Å². The maximum Gasteiger partial charge on any atom is 0.254 e. The van der Waals surface area contributed by atoms with Gasteiger partial charge >= 0.3 is 0 Å². The maximum absolute atomic E-state index is 11.4. The number of rotatable bonds is 3. The molecule has 5 heteroatoms. The molecule has 1 heterocycles. The lowest BCUT2D eigenvalue weighted by Gasteiger charge is -2.03. The van der Waals surface area contributed by atoms with Crippen molar-refractivity contribution in [2.75, 3.05) is 0 Å². The van der Waals surface area contributed by atoms with Gasteiger partial charge in [-0.2, -0.15) is 0 Å². The summed E-state index contributed by atoms with van der Waals surface area (Å²) < 4.78 is 0. The maximum atomic E-state index is 11.4. The Hall–Kier alpha value is -1.65. The van der Waals surface area contributed by atoms with Crippen LogP contribution in [0.5, 0.6) is 0 Å². The number of nitrogens with two attached hydrogens (primary N) is 1. The molecule has 0 radical (unpaired) electrons. The largest absolute Gasteiger partial charge is 0.369 e. The molecule has 1 aromatic heterocycles. The second kappa shape index (κ2) is 4.04. The highest BCUT2D eigenvalue weighted by atomic mass is 16.1. The number of nitrogens with zero attached hydrogens (tertiary/aromatic N) is 1. The van der Waals surface area contributed by atoms with Crippen molar-refractivity contribution in [1.29, 1.82) is 0 Å². The van der Waals surface area contributed by atoms with Crippen LogP contribution < -0.4 is 11.3 Å². The zero-order valence-corrected chi connectivity index (χ0v) is 8.26. The third-order valence-electron chi connectivity index (χ3n) is 1.98. The summed E-state index contributed by atoms with van der Waals surface area (Å²) in [6.07, 6.45) is 0.643. The fourth-order valence-electron chi connectivity index (χ4n) is 1.22. The Morgan fingerprint density at radius 3 is 2.71 bits per heavy atom. The van der Waals surface area contributed by atoms with Crippen molar-refractivity contribution in [3.05, 3.63) is 27.4 Å². The lowest BCUT2D eigenvalue weighted by atomic mass is 10.2. The Kier molecular flexibility index (Phi) is 3.01. The van der Waals surface area contributed by atoms with E-state index in [0.717, 1.165) is 0 Å². The molecular formula is C9H13N3O2. The number of hydrogen-bond acceptors (Lipinski definition) is 3. The number of aryl methyl sites for hydroxylation is 1. The highest BCUT2D eigenvalue weighted by molar-refractivity contribution is 5.75. The van der Waals surface area contributed by atoms with Gasteiger partial charge in [0.2, 0.25) is 5.91 Å². The first-order chi connectivity index (χ1) is 6.54. The first-order valence-corrected chi connectivity index (χ1v) is 4.41. The van der Waals surface area contributed by atoms with Crippen molar-refractivity contribution in [2.45, 2.75) is 26.7 Å². The van der Waals surface area contributed by atoms with Crippen LogP contribution in [0.15, 0.2) is 4.79 Å². The average molecular weight is 195 g/mol. The van der Waals surface area contributed by atoms with Crippen molar-refractivity contribution in [3.8, 4) is 0 Å². The van der Waals surface area contributed by atoms with Gasteiger partial charge in [-0.1, -0.05) is 6.92 Å². The second-order valence-electron chi connectivity index (χ2n) is 3.08. The van der Waals surface area contributed by atoms with Crippen molar-refractivity contribution in [2.24, 2.45) is 5.73 Å². The van der Waals surface area contributed by atoms with Crippen LogP contribution in [0.3, 0.4) is 0 Å². The van der Waals surface area contributed by atoms with Crippen molar-refractivity contribution in [1.82, 2.24) is 9.97 Å². The third-order valence-corrected chi connectivity index (χ3v) is 1.98. The van der Waals surface area contributed by atoms with E-state index in [-0.39, 0.29) is 12.0 Å². The van der Waals surface area contributed by atoms with E-state index in [1.807, 2.05) is 6.92 Å². The Morgan fingerprint density at radius 1 is 1.57 bits per heavy atom. The fourth-order valence-corrected chi connectivity index (χ4v) is 1.22. The van der Waals surface area contributed by atoms with Crippen molar-refractivity contribution >= 4 is 5.91 Å². The van der Waals surface area contributed by atoms with Crippen LogP contribution in [0, 0.1) is 6.92 Å². The normalized spacial score (nSPS) is 10.1. The number of hydrogen-bond donors (Lipinski definition) is 2. The number of carbonyl (C=O) groups is 1. The predicted octanol–water partition coefficient (Wildman–Crippen LogP) is -0.331. The summed E-state index contributed by atoms with van der Waals surface area (Å²) in [5, 5.41) is 0. The number of nitrogens with one attached hydrogen (secondary N) is 1. The lowest BCUT2D eigenvalue weighted by molar-refractivity contribution is -0.117. The molecule has 76 valence electrons. The van der Waals surface area contributed by atoms with Crippen LogP contribution in [0.2, 0.25) is 0 Å². The van der Waals surface area contributed by atoms with Gasteiger partial charge in [0.15, 0.2) is 0 Å². The first kappa shape index (κ1) is 10.4. The van der Waals surface area contributed by atoms with Gasteiger partial charge in [-0.25, -0.2) is 4.98 Å². The number of primary amides is 1. The minimum atomic E-state index is -0.501. The summed E-state index contributed by atoms with van der Waals surface area (Å²) >= 11 is 0. The summed E-state index contributed by atoms with van der Waals surface area (Å²) in [6.45, 7) is 3.61. The monoisotopic (exact) mass is 195 g/mol. The van der Waals surface area contributed by atoms with E-state index >= 15 is 0 Å². The summed E-state index contributed by atoms with van der Waals surface area (Å²) in [7, 11) is 0. The van der Waals surface area contributed by atoms with E-state index < -0.39 is 5.91 Å². The summed E-state index contributed by atoms with van der Waals surface area (Å²) in [6, 6.07) is 0. The molecule has 5 nitrogen and oxygen atoms in total. The van der Waals surface area contributed by atoms with Crippen LogP contribution >= 0.6 is 0 Å². The van der Waals surface area contributed by atoms with E-state index in [1.54, 1.807) is 6.92 Å². The molecule has 1 amide bonds. The van der Waals surface area contributed by atoms with E-state index in [0.29, 0.717) is 23.5 Å². The van der Waals surface area contributed by atoms with E-state index in [1.165, 1.54) is 0 Å².